The number of ether oxygens (including phenoxy) is 1. The minimum atomic E-state index is 0.401. The van der Waals surface area contributed by atoms with E-state index in [1.54, 1.807) is 7.11 Å². The van der Waals surface area contributed by atoms with Crippen LogP contribution in [0.3, 0.4) is 0 Å². The molecule has 2 heteroatoms. The highest BCUT2D eigenvalue weighted by Crippen LogP contribution is 2.09. The fraction of sp³-hybridized carbons (Fsp3) is 1.00. The monoisotopic (exact) mass is 201 g/mol. The summed E-state index contributed by atoms with van der Waals surface area (Å²) in [6, 6.07) is 0.692. The summed E-state index contributed by atoms with van der Waals surface area (Å²) in [7, 11) is 1.79. The van der Waals surface area contributed by atoms with Crippen molar-refractivity contribution in [3.05, 3.63) is 0 Å². The molecule has 0 amide bonds. The number of hydrogen-bond donors (Lipinski definition) is 1. The van der Waals surface area contributed by atoms with Crippen LogP contribution in [0.15, 0.2) is 0 Å². The van der Waals surface area contributed by atoms with E-state index >= 15 is 0 Å². The Morgan fingerprint density at radius 3 is 2.36 bits per heavy atom. The molecule has 86 valence electrons. The van der Waals surface area contributed by atoms with Crippen molar-refractivity contribution >= 4 is 0 Å². The first kappa shape index (κ1) is 13.9. The predicted octanol–water partition coefficient (Wildman–Crippen LogP) is 2.97. The van der Waals surface area contributed by atoms with Crippen LogP contribution in [0.5, 0.6) is 0 Å². The van der Waals surface area contributed by atoms with Gasteiger partial charge < -0.3 is 10.1 Å². The lowest BCUT2D eigenvalue weighted by molar-refractivity contribution is 0.105. The fourth-order valence-electron chi connectivity index (χ4n) is 1.64. The zero-order valence-electron chi connectivity index (χ0n) is 10.3. The first-order valence-electron chi connectivity index (χ1n) is 6.00. The smallest absolute Gasteiger partial charge is 0.0543 e. The Morgan fingerprint density at radius 2 is 1.86 bits per heavy atom. The second-order valence-electron chi connectivity index (χ2n) is 4.02. The van der Waals surface area contributed by atoms with E-state index in [4.69, 9.17) is 4.74 Å². The molecule has 0 saturated heterocycles. The van der Waals surface area contributed by atoms with Crippen molar-refractivity contribution in [2.24, 2.45) is 0 Å². The molecule has 0 aliphatic rings. The summed E-state index contributed by atoms with van der Waals surface area (Å²) in [4.78, 5) is 0. The fourth-order valence-corrected chi connectivity index (χ4v) is 1.64. The molecule has 0 rings (SSSR count). The Bertz CT molecular complexity index is 117. The number of unbranched alkanes of at least 4 members (excludes halogenated alkanes) is 1. The van der Waals surface area contributed by atoms with E-state index in [9.17, 15) is 0 Å². The first-order valence-corrected chi connectivity index (χ1v) is 6.00. The highest BCUT2D eigenvalue weighted by Gasteiger charge is 2.08. The zero-order chi connectivity index (χ0) is 10.8. The van der Waals surface area contributed by atoms with Crippen LogP contribution >= 0.6 is 0 Å². The highest BCUT2D eigenvalue weighted by molar-refractivity contribution is 4.67. The van der Waals surface area contributed by atoms with Gasteiger partial charge in [0.15, 0.2) is 0 Å². The molecule has 0 aromatic heterocycles. The normalized spacial score (nSPS) is 15.4. The Hall–Kier alpha value is -0.0800. The van der Waals surface area contributed by atoms with E-state index in [0.717, 1.165) is 13.0 Å². The molecular weight excluding hydrogens is 174 g/mol. The maximum Gasteiger partial charge on any atom is 0.0543 e. The molecule has 0 heterocycles. The van der Waals surface area contributed by atoms with Crippen molar-refractivity contribution in [3.8, 4) is 0 Å². The van der Waals surface area contributed by atoms with Gasteiger partial charge in [-0.25, -0.2) is 0 Å². The van der Waals surface area contributed by atoms with Crippen molar-refractivity contribution in [1.82, 2.24) is 5.32 Å². The summed E-state index contributed by atoms with van der Waals surface area (Å²) < 4.78 is 5.26. The lowest BCUT2D eigenvalue weighted by Gasteiger charge is -2.19. The molecular formula is C12H27NO. The lowest BCUT2D eigenvalue weighted by Crippen LogP contribution is -2.29. The topological polar surface area (TPSA) is 21.3 Å². The number of methoxy groups -OCH3 is 1. The first-order chi connectivity index (χ1) is 6.74. The van der Waals surface area contributed by atoms with E-state index in [-0.39, 0.29) is 0 Å². The summed E-state index contributed by atoms with van der Waals surface area (Å²) >= 11 is 0. The van der Waals surface area contributed by atoms with E-state index < -0.39 is 0 Å². The Balaban J connectivity index is 3.60. The van der Waals surface area contributed by atoms with Gasteiger partial charge in [-0.1, -0.05) is 26.7 Å². The molecule has 2 unspecified atom stereocenters. The number of hydrogen-bond acceptors (Lipinski definition) is 2. The molecule has 0 aromatic rings. The molecule has 0 bridgehead atoms. The minimum Gasteiger partial charge on any atom is -0.382 e. The van der Waals surface area contributed by atoms with Crippen molar-refractivity contribution in [1.29, 1.82) is 0 Å². The molecule has 1 N–H and O–H groups in total. The summed E-state index contributed by atoms with van der Waals surface area (Å²) in [5.74, 6) is 0. The van der Waals surface area contributed by atoms with Gasteiger partial charge in [-0.3, -0.25) is 0 Å². The molecule has 0 spiro atoms. The minimum absolute atomic E-state index is 0.401. The van der Waals surface area contributed by atoms with Crippen molar-refractivity contribution < 1.29 is 4.74 Å². The van der Waals surface area contributed by atoms with Crippen LogP contribution < -0.4 is 5.32 Å². The van der Waals surface area contributed by atoms with Gasteiger partial charge >= 0.3 is 0 Å². The molecule has 0 fully saturated rings. The van der Waals surface area contributed by atoms with Crippen LogP contribution in [0.25, 0.3) is 0 Å². The molecule has 14 heavy (non-hydrogen) atoms. The SMILES string of the molecule is CCCCC(CCC(C)OC)NCC. The summed E-state index contributed by atoms with van der Waals surface area (Å²) in [5, 5.41) is 3.54. The van der Waals surface area contributed by atoms with Crippen LogP contribution in [-0.2, 0) is 4.74 Å². The third kappa shape index (κ3) is 7.34. The zero-order valence-corrected chi connectivity index (χ0v) is 10.3. The van der Waals surface area contributed by atoms with E-state index in [2.05, 4.69) is 26.1 Å². The van der Waals surface area contributed by atoms with E-state index in [1.165, 1.54) is 25.7 Å². The number of nitrogens with one attached hydrogen (secondary N) is 1. The molecule has 0 aliphatic heterocycles. The van der Waals surface area contributed by atoms with Crippen LogP contribution in [0.1, 0.15) is 52.9 Å². The van der Waals surface area contributed by atoms with Gasteiger partial charge in [-0.2, -0.15) is 0 Å². The molecule has 2 nitrogen and oxygen atoms in total. The van der Waals surface area contributed by atoms with Crippen molar-refractivity contribution in [3.63, 3.8) is 0 Å². The standard InChI is InChI=1S/C12H27NO/c1-5-7-8-12(13-6-2)10-9-11(3)14-4/h11-13H,5-10H2,1-4H3. The van der Waals surface area contributed by atoms with Gasteiger partial charge in [0, 0.05) is 13.2 Å². The van der Waals surface area contributed by atoms with Crippen molar-refractivity contribution in [2.75, 3.05) is 13.7 Å². The highest BCUT2D eigenvalue weighted by atomic mass is 16.5. The molecule has 0 aliphatic carbocycles. The van der Waals surface area contributed by atoms with Crippen LogP contribution in [0, 0.1) is 0 Å². The van der Waals surface area contributed by atoms with Gasteiger partial charge in [-0.15, -0.1) is 0 Å². The average molecular weight is 201 g/mol. The second kappa shape index (κ2) is 9.47. The van der Waals surface area contributed by atoms with Gasteiger partial charge in [0.2, 0.25) is 0 Å². The third-order valence-corrected chi connectivity index (χ3v) is 2.72. The summed E-state index contributed by atoms with van der Waals surface area (Å²) in [6.45, 7) is 7.65. The average Bonchev–Trinajstić information content (AvgIpc) is 2.21. The van der Waals surface area contributed by atoms with Crippen molar-refractivity contribution in [2.45, 2.75) is 65.0 Å². The third-order valence-electron chi connectivity index (χ3n) is 2.72. The second-order valence-corrected chi connectivity index (χ2v) is 4.02. The summed E-state index contributed by atoms with van der Waals surface area (Å²) in [5.41, 5.74) is 0. The maximum atomic E-state index is 5.26. The Morgan fingerprint density at radius 1 is 1.14 bits per heavy atom. The molecule has 0 aromatic carbocycles. The number of rotatable bonds is 9. The quantitative estimate of drug-likeness (QED) is 0.619. The van der Waals surface area contributed by atoms with Gasteiger partial charge in [0.05, 0.1) is 6.10 Å². The predicted molar refractivity (Wildman–Crippen MR) is 62.7 cm³/mol. The largest absolute Gasteiger partial charge is 0.382 e. The molecule has 0 radical (unpaired) electrons. The molecule has 2 atom stereocenters. The maximum absolute atomic E-state index is 5.26. The van der Waals surface area contributed by atoms with Gasteiger partial charge in [0.1, 0.15) is 0 Å². The lowest BCUT2D eigenvalue weighted by atomic mass is 10.0. The van der Waals surface area contributed by atoms with E-state index in [1.807, 2.05) is 0 Å². The molecule has 0 saturated carbocycles. The Kier molecular flexibility index (Phi) is 9.42. The van der Waals surface area contributed by atoms with Crippen LogP contribution in [0.4, 0.5) is 0 Å². The van der Waals surface area contributed by atoms with Gasteiger partial charge in [-0.05, 0) is 32.7 Å². The summed E-state index contributed by atoms with van der Waals surface area (Å²) in [6.07, 6.45) is 6.74. The Labute approximate surface area is 89.4 Å². The van der Waals surface area contributed by atoms with Crippen LogP contribution in [-0.4, -0.2) is 25.8 Å². The van der Waals surface area contributed by atoms with E-state index in [0.29, 0.717) is 12.1 Å². The van der Waals surface area contributed by atoms with Crippen LogP contribution in [0.2, 0.25) is 0 Å². The van der Waals surface area contributed by atoms with Gasteiger partial charge in [0.25, 0.3) is 0 Å².